The van der Waals surface area contributed by atoms with Crippen LogP contribution < -0.4 is 16.6 Å². The molecule has 0 saturated heterocycles. The molecule has 0 unspecified atom stereocenters. The van der Waals surface area contributed by atoms with Crippen molar-refractivity contribution < 1.29 is 4.79 Å². The van der Waals surface area contributed by atoms with Crippen LogP contribution in [0, 0.1) is 13.8 Å². The molecule has 0 fully saturated rings. The Balaban J connectivity index is 1.99. The van der Waals surface area contributed by atoms with Crippen LogP contribution in [0.5, 0.6) is 0 Å². The highest BCUT2D eigenvalue weighted by atomic mass is 32.2. The Bertz CT molecular complexity index is 1260. The molecule has 1 aromatic carbocycles. The maximum Gasteiger partial charge on any atom is 0.332 e. The van der Waals surface area contributed by atoms with Crippen molar-refractivity contribution in [2.24, 2.45) is 14.1 Å². The van der Waals surface area contributed by atoms with Crippen LogP contribution in [0.1, 0.15) is 36.7 Å². The number of hydrogen-bond acceptors (Lipinski definition) is 6. The van der Waals surface area contributed by atoms with Crippen LogP contribution in [0.25, 0.3) is 11.0 Å². The normalized spacial score (nSPS) is 11.3. The predicted molar refractivity (Wildman–Crippen MR) is 119 cm³/mol. The molecule has 0 atom stereocenters. The number of carbonyl (C=O) groups excluding carboxylic acids is 1. The van der Waals surface area contributed by atoms with Gasteiger partial charge in [-0.25, -0.2) is 14.8 Å². The first kappa shape index (κ1) is 21.8. The van der Waals surface area contributed by atoms with Gasteiger partial charge in [0.1, 0.15) is 16.2 Å². The van der Waals surface area contributed by atoms with E-state index in [1.165, 1.54) is 11.6 Å². The lowest BCUT2D eigenvalue weighted by atomic mass is 10.1. The Kier molecular flexibility index (Phi) is 6.12. The molecule has 3 aromatic rings. The van der Waals surface area contributed by atoms with E-state index in [1.807, 2.05) is 45.9 Å². The SMILES string of the molecule is Cc1cccc(NC(=O)CSc2nc(C(C)C)nc3c2c(=O)n(C)c(=O)n3C)c1C. The van der Waals surface area contributed by atoms with Gasteiger partial charge in [0.2, 0.25) is 5.91 Å². The van der Waals surface area contributed by atoms with E-state index in [0.29, 0.717) is 10.9 Å². The van der Waals surface area contributed by atoms with Crippen LogP contribution in [-0.2, 0) is 18.9 Å². The van der Waals surface area contributed by atoms with Gasteiger partial charge in [-0.3, -0.25) is 18.7 Å². The van der Waals surface area contributed by atoms with Crippen molar-refractivity contribution in [1.82, 2.24) is 19.1 Å². The molecule has 1 amide bonds. The zero-order chi connectivity index (χ0) is 22.2. The van der Waals surface area contributed by atoms with E-state index in [4.69, 9.17) is 0 Å². The van der Waals surface area contributed by atoms with E-state index in [-0.39, 0.29) is 28.6 Å². The molecule has 0 bridgehead atoms. The van der Waals surface area contributed by atoms with Crippen LogP contribution >= 0.6 is 11.8 Å². The van der Waals surface area contributed by atoms with Gasteiger partial charge in [0, 0.05) is 25.7 Å². The average molecular weight is 428 g/mol. The molecule has 0 saturated carbocycles. The van der Waals surface area contributed by atoms with Gasteiger partial charge in [-0.2, -0.15) is 0 Å². The number of thioether (sulfide) groups is 1. The molecule has 8 nitrogen and oxygen atoms in total. The lowest BCUT2D eigenvalue weighted by Crippen LogP contribution is -2.38. The van der Waals surface area contributed by atoms with Gasteiger partial charge in [-0.1, -0.05) is 37.7 Å². The molecule has 0 aliphatic heterocycles. The summed E-state index contributed by atoms with van der Waals surface area (Å²) in [6.07, 6.45) is 0. The van der Waals surface area contributed by atoms with E-state index in [9.17, 15) is 14.4 Å². The van der Waals surface area contributed by atoms with Gasteiger partial charge in [0.05, 0.1) is 5.75 Å². The van der Waals surface area contributed by atoms with E-state index in [2.05, 4.69) is 15.3 Å². The number of benzene rings is 1. The number of nitrogens with one attached hydrogen (secondary N) is 1. The first-order valence-electron chi connectivity index (χ1n) is 9.58. The van der Waals surface area contributed by atoms with Crippen molar-refractivity contribution in [1.29, 1.82) is 0 Å². The topological polar surface area (TPSA) is 98.9 Å². The van der Waals surface area contributed by atoms with Crippen molar-refractivity contribution in [3.8, 4) is 0 Å². The maximum absolute atomic E-state index is 12.8. The van der Waals surface area contributed by atoms with Crippen LogP contribution in [0.4, 0.5) is 5.69 Å². The van der Waals surface area contributed by atoms with Crippen LogP contribution in [0.2, 0.25) is 0 Å². The average Bonchev–Trinajstić information content (AvgIpc) is 2.71. The lowest BCUT2D eigenvalue weighted by molar-refractivity contribution is -0.113. The van der Waals surface area contributed by atoms with E-state index >= 15 is 0 Å². The molecule has 2 heterocycles. The number of carbonyl (C=O) groups is 1. The van der Waals surface area contributed by atoms with Gasteiger partial charge in [-0.05, 0) is 31.0 Å². The third-order valence-electron chi connectivity index (χ3n) is 5.02. The molecule has 1 N–H and O–H groups in total. The number of anilines is 1. The fourth-order valence-corrected chi connectivity index (χ4v) is 3.84. The minimum atomic E-state index is -0.471. The number of aryl methyl sites for hydroxylation is 2. The van der Waals surface area contributed by atoms with Gasteiger partial charge >= 0.3 is 5.69 Å². The molecule has 0 aliphatic rings. The fourth-order valence-electron chi connectivity index (χ4n) is 3.01. The van der Waals surface area contributed by atoms with E-state index < -0.39 is 11.2 Å². The minimum absolute atomic E-state index is 0.00307. The Hall–Kier alpha value is -2.94. The molecule has 158 valence electrons. The molecule has 0 radical (unpaired) electrons. The van der Waals surface area contributed by atoms with E-state index in [0.717, 1.165) is 33.1 Å². The highest BCUT2D eigenvalue weighted by Gasteiger charge is 2.19. The minimum Gasteiger partial charge on any atom is -0.325 e. The smallest absolute Gasteiger partial charge is 0.325 e. The summed E-state index contributed by atoms with van der Waals surface area (Å²) in [4.78, 5) is 46.6. The molecule has 2 aromatic heterocycles. The largest absolute Gasteiger partial charge is 0.332 e. The number of fused-ring (bicyclic) bond motifs is 1. The fraction of sp³-hybridized carbons (Fsp3) is 0.381. The number of amides is 1. The second kappa shape index (κ2) is 8.43. The second-order valence-electron chi connectivity index (χ2n) is 7.53. The summed E-state index contributed by atoms with van der Waals surface area (Å²) >= 11 is 1.16. The van der Waals surface area contributed by atoms with Crippen molar-refractivity contribution >= 4 is 34.4 Å². The third kappa shape index (κ3) is 4.02. The number of rotatable bonds is 5. The molecule has 3 rings (SSSR count). The Morgan fingerprint density at radius 1 is 1.13 bits per heavy atom. The summed E-state index contributed by atoms with van der Waals surface area (Å²) in [5.41, 5.74) is 2.21. The van der Waals surface area contributed by atoms with Gasteiger partial charge in [0.15, 0.2) is 5.65 Å². The van der Waals surface area contributed by atoms with Gasteiger partial charge in [0.25, 0.3) is 5.56 Å². The summed E-state index contributed by atoms with van der Waals surface area (Å²) < 4.78 is 2.37. The van der Waals surface area contributed by atoms with Crippen LogP contribution in [0.3, 0.4) is 0 Å². The van der Waals surface area contributed by atoms with Crippen molar-refractivity contribution in [2.75, 3.05) is 11.1 Å². The van der Waals surface area contributed by atoms with E-state index in [1.54, 1.807) is 7.05 Å². The Morgan fingerprint density at radius 2 is 1.83 bits per heavy atom. The molecule has 0 aliphatic carbocycles. The number of nitrogens with zero attached hydrogens (tertiary/aromatic N) is 4. The quantitative estimate of drug-likeness (QED) is 0.496. The molecular formula is C21H25N5O3S. The first-order chi connectivity index (χ1) is 14.1. The highest BCUT2D eigenvalue weighted by molar-refractivity contribution is 8.00. The monoisotopic (exact) mass is 427 g/mol. The zero-order valence-electron chi connectivity index (χ0n) is 17.9. The lowest BCUT2D eigenvalue weighted by Gasteiger charge is -2.13. The highest BCUT2D eigenvalue weighted by Crippen LogP contribution is 2.25. The summed E-state index contributed by atoms with van der Waals surface area (Å²) in [5, 5.41) is 3.55. The van der Waals surface area contributed by atoms with Crippen molar-refractivity contribution in [3.05, 3.63) is 56.0 Å². The number of aromatic nitrogens is 4. The zero-order valence-corrected chi connectivity index (χ0v) is 18.8. The summed E-state index contributed by atoms with van der Waals surface area (Å²) in [6.45, 7) is 7.80. The van der Waals surface area contributed by atoms with Crippen LogP contribution in [-0.4, -0.2) is 30.8 Å². The Labute approximate surface area is 178 Å². The summed E-state index contributed by atoms with van der Waals surface area (Å²) in [7, 11) is 2.99. The van der Waals surface area contributed by atoms with Crippen LogP contribution in [0.15, 0.2) is 32.8 Å². The summed E-state index contributed by atoms with van der Waals surface area (Å²) in [6, 6.07) is 5.73. The first-order valence-corrected chi connectivity index (χ1v) is 10.6. The standard InChI is InChI=1S/C21H25N5O3S/c1-11(2)17-23-18-16(20(28)26(6)21(29)25(18)5)19(24-17)30-10-15(27)22-14-9-7-8-12(3)13(14)4/h7-9,11H,10H2,1-6H3,(H,22,27). The number of hydrogen-bond donors (Lipinski definition) is 1. The molecule has 9 heteroatoms. The van der Waals surface area contributed by atoms with Crippen molar-refractivity contribution in [3.63, 3.8) is 0 Å². The van der Waals surface area contributed by atoms with Gasteiger partial charge < -0.3 is 5.32 Å². The summed E-state index contributed by atoms with van der Waals surface area (Å²) in [5.74, 6) is 0.385. The third-order valence-corrected chi connectivity index (χ3v) is 5.99. The second-order valence-corrected chi connectivity index (χ2v) is 8.49. The maximum atomic E-state index is 12.8. The van der Waals surface area contributed by atoms with Gasteiger partial charge in [-0.15, -0.1) is 0 Å². The van der Waals surface area contributed by atoms with Crippen molar-refractivity contribution in [2.45, 2.75) is 38.6 Å². The molecular weight excluding hydrogens is 402 g/mol. The molecule has 0 spiro atoms. The predicted octanol–water partition coefficient (Wildman–Crippen LogP) is 2.50. The Morgan fingerprint density at radius 3 is 2.50 bits per heavy atom. The molecule has 30 heavy (non-hydrogen) atoms.